The van der Waals surface area contributed by atoms with Crippen LogP contribution in [-0.4, -0.2) is 50.7 Å². The van der Waals surface area contributed by atoms with Gasteiger partial charge in [0.15, 0.2) is 17.2 Å². The highest BCUT2D eigenvalue weighted by molar-refractivity contribution is 5.87. The number of aromatic amines is 1. The summed E-state index contributed by atoms with van der Waals surface area (Å²) < 4.78 is 20.0. The van der Waals surface area contributed by atoms with Gasteiger partial charge in [-0.25, -0.2) is 14.2 Å². The minimum atomic E-state index is -0.444. The van der Waals surface area contributed by atoms with Crippen molar-refractivity contribution in [2.24, 2.45) is 0 Å². The number of ether oxygens (including phenoxy) is 1. The third kappa shape index (κ3) is 2.54. The van der Waals surface area contributed by atoms with E-state index in [2.05, 4.69) is 24.8 Å². The highest BCUT2D eigenvalue weighted by atomic mass is 19.1. The van der Waals surface area contributed by atoms with Gasteiger partial charge >= 0.3 is 5.97 Å². The summed E-state index contributed by atoms with van der Waals surface area (Å²) in [5.41, 5.74) is 2.40. The van der Waals surface area contributed by atoms with Crippen molar-refractivity contribution in [3.63, 3.8) is 0 Å². The van der Waals surface area contributed by atoms with Gasteiger partial charge in [-0.3, -0.25) is 10.00 Å². The number of nitrogens with zero attached hydrogens (tertiary/aromatic N) is 4. The van der Waals surface area contributed by atoms with Crippen LogP contribution in [0.1, 0.15) is 27.8 Å². The highest BCUT2D eigenvalue weighted by Crippen LogP contribution is 2.27. The fraction of sp³-hybridized carbons (Fsp3) is 0.312. The van der Waals surface area contributed by atoms with E-state index < -0.39 is 5.97 Å². The molecule has 3 aromatic heterocycles. The summed E-state index contributed by atoms with van der Waals surface area (Å²) in [6, 6.07) is 4.79. The number of halogens is 1. The molecule has 0 saturated carbocycles. The van der Waals surface area contributed by atoms with Crippen LogP contribution in [0.5, 0.6) is 0 Å². The molecule has 24 heavy (non-hydrogen) atoms. The van der Waals surface area contributed by atoms with Crippen LogP contribution in [0.4, 0.5) is 4.39 Å². The summed E-state index contributed by atoms with van der Waals surface area (Å²) in [5.74, 6) is -0.469. The molecule has 1 aliphatic rings. The summed E-state index contributed by atoms with van der Waals surface area (Å²) in [6.45, 7) is 2.33. The van der Waals surface area contributed by atoms with Crippen LogP contribution in [0, 0.1) is 5.82 Å². The number of hydrogen-bond donors (Lipinski definition) is 1. The molecule has 3 aromatic rings. The number of pyridine rings is 1. The molecule has 0 radical (unpaired) electrons. The van der Waals surface area contributed by atoms with Crippen molar-refractivity contribution in [3.05, 3.63) is 53.5 Å². The first kappa shape index (κ1) is 14.8. The average molecular weight is 329 g/mol. The quantitative estimate of drug-likeness (QED) is 0.736. The zero-order valence-electron chi connectivity index (χ0n) is 13.1. The van der Waals surface area contributed by atoms with E-state index in [-0.39, 0.29) is 5.82 Å². The number of rotatable bonds is 4. The number of esters is 1. The van der Waals surface area contributed by atoms with Crippen LogP contribution in [0.15, 0.2) is 30.6 Å². The Morgan fingerprint density at radius 1 is 1.50 bits per heavy atom. The molecule has 1 fully saturated rings. The Labute approximate surface area is 137 Å². The molecule has 1 N–H and O–H groups in total. The molecule has 0 aromatic carbocycles. The molecule has 0 aliphatic carbocycles. The van der Waals surface area contributed by atoms with Crippen molar-refractivity contribution in [2.75, 3.05) is 20.2 Å². The predicted molar refractivity (Wildman–Crippen MR) is 83.1 cm³/mol. The lowest BCUT2D eigenvalue weighted by Gasteiger charge is -2.38. The Balaban J connectivity index is 1.39. The van der Waals surface area contributed by atoms with Gasteiger partial charge in [0, 0.05) is 43.6 Å². The number of carbonyl (C=O) groups excluding carboxylic acids is 1. The lowest BCUT2D eigenvalue weighted by molar-refractivity contribution is 0.0594. The van der Waals surface area contributed by atoms with Crippen LogP contribution in [-0.2, 0) is 11.3 Å². The number of methoxy groups -OCH3 is 1. The van der Waals surface area contributed by atoms with E-state index in [1.54, 1.807) is 22.7 Å². The summed E-state index contributed by atoms with van der Waals surface area (Å²) in [6.07, 6.45) is 3.63. The summed E-state index contributed by atoms with van der Waals surface area (Å²) in [4.78, 5) is 18.0. The summed E-state index contributed by atoms with van der Waals surface area (Å²) in [5, 5.41) is 6.85. The van der Waals surface area contributed by atoms with E-state index in [4.69, 9.17) is 0 Å². The standard InChI is InChI=1S/C16H16FN5O2/c1-24-16(23)14-5-13(19-20-14)10-6-21(7-10)8-11-9-22-4-2-3-12(17)15(22)18-11/h2-5,9-10H,6-8H2,1H3,(H,19,20). The molecule has 0 unspecified atom stereocenters. The minimum absolute atomic E-state index is 0.293. The minimum Gasteiger partial charge on any atom is -0.464 e. The largest absolute Gasteiger partial charge is 0.464 e. The number of nitrogens with one attached hydrogen (secondary N) is 1. The molecule has 0 spiro atoms. The number of aromatic nitrogens is 4. The molecule has 4 heterocycles. The van der Waals surface area contributed by atoms with Crippen molar-refractivity contribution in [2.45, 2.75) is 12.5 Å². The number of H-pyrrole nitrogens is 1. The van der Waals surface area contributed by atoms with Gasteiger partial charge < -0.3 is 9.14 Å². The number of hydrogen-bond acceptors (Lipinski definition) is 5. The van der Waals surface area contributed by atoms with Crippen LogP contribution >= 0.6 is 0 Å². The van der Waals surface area contributed by atoms with Gasteiger partial charge in [-0.2, -0.15) is 5.10 Å². The Morgan fingerprint density at radius 2 is 2.33 bits per heavy atom. The SMILES string of the molecule is COC(=O)c1cc(C2CN(Cc3cn4cccc(F)c4n3)C2)[nH]n1. The van der Waals surface area contributed by atoms with E-state index in [1.165, 1.54) is 13.2 Å². The number of carbonyl (C=O) groups is 1. The predicted octanol–water partition coefficient (Wildman–Crippen LogP) is 1.58. The molecule has 0 bridgehead atoms. The van der Waals surface area contributed by atoms with Gasteiger partial charge in [-0.05, 0) is 18.2 Å². The van der Waals surface area contributed by atoms with Gasteiger partial charge in [-0.1, -0.05) is 0 Å². The molecule has 124 valence electrons. The van der Waals surface area contributed by atoms with Crippen molar-refractivity contribution >= 4 is 11.6 Å². The van der Waals surface area contributed by atoms with Crippen molar-refractivity contribution in [1.82, 2.24) is 24.5 Å². The molecule has 0 amide bonds. The molecular weight excluding hydrogens is 313 g/mol. The van der Waals surface area contributed by atoms with Gasteiger partial charge in [0.1, 0.15) is 0 Å². The van der Waals surface area contributed by atoms with Crippen molar-refractivity contribution < 1.29 is 13.9 Å². The lowest BCUT2D eigenvalue weighted by Crippen LogP contribution is -2.44. The maximum Gasteiger partial charge on any atom is 0.358 e. The third-order valence-corrected chi connectivity index (χ3v) is 4.26. The van der Waals surface area contributed by atoms with E-state index in [9.17, 15) is 9.18 Å². The van der Waals surface area contributed by atoms with Gasteiger partial charge in [0.25, 0.3) is 0 Å². The highest BCUT2D eigenvalue weighted by Gasteiger charge is 2.30. The second kappa shape index (κ2) is 5.72. The average Bonchev–Trinajstić information content (AvgIpc) is 3.17. The zero-order chi connectivity index (χ0) is 16.7. The maximum absolute atomic E-state index is 13.7. The van der Waals surface area contributed by atoms with E-state index in [0.717, 1.165) is 24.5 Å². The van der Waals surface area contributed by atoms with Gasteiger partial charge in [-0.15, -0.1) is 0 Å². The number of likely N-dealkylation sites (tertiary alicyclic amines) is 1. The van der Waals surface area contributed by atoms with Crippen LogP contribution in [0.3, 0.4) is 0 Å². The topological polar surface area (TPSA) is 75.5 Å². The van der Waals surface area contributed by atoms with Crippen LogP contribution in [0.2, 0.25) is 0 Å². The first-order valence-electron chi connectivity index (χ1n) is 7.62. The third-order valence-electron chi connectivity index (χ3n) is 4.26. The molecule has 0 atom stereocenters. The van der Waals surface area contributed by atoms with Gasteiger partial charge in [0.05, 0.1) is 12.8 Å². The Hall–Kier alpha value is -2.74. The zero-order valence-corrected chi connectivity index (χ0v) is 13.1. The fourth-order valence-electron chi connectivity index (χ4n) is 2.99. The van der Waals surface area contributed by atoms with E-state index >= 15 is 0 Å². The summed E-state index contributed by atoms with van der Waals surface area (Å²) in [7, 11) is 1.33. The molecule has 1 saturated heterocycles. The first-order chi connectivity index (χ1) is 11.6. The maximum atomic E-state index is 13.7. The van der Waals surface area contributed by atoms with Crippen LogP contribution < -0.4 is 0 Å². The molecule has 8 heteroatoms. The Bertz CT molecular complexity index is 897. The number of imidazole rings is 1. The molecular formula is C16H16FN5O2. The van der Waals surface area contributed by atoms with Crippen molar-refractivity contribution in [1.29, 1.82) is 0 Å². The Kier molecular flexibility index (Phi) is 3.53. The van der Waals surface area contributed by atoms with Gasteiger partial charge in [0.2, 0.25) is 0 Å². The van der Waals surface area contributed by atoms with Crippen LogP contribution in [0.25, 0.3) is 5.65 Å². The lowest BCUT2D eigenvalue weighted by atomic mass is 9.96. The second-order valence-electron chi connectivity index (χ2n) is 5.91. The monoisotopic (exact) mass is 329 g/mol. The summed E-state index contributed by atoms with van der Waals surface area (Å²) >= 11 is 0. The smallest absolute Gasteiger partial charge is 0.358 e. The first-order valence-corrected chi connectivity index (χ1v) is 7.62. The normalized spacial score (nSPS) is 15.6. The van der Waals surface area contributed by atoms with Crippen molar-refractivity contribution in [3.8, 4) is 0 Å². The van der Waals surface area contributed by atoms with E-state index in [1.807, 2.05) is 6.20 Å². The molecule has 4 rings (SSSR count). The van der Waals surface area contributed by atoms with E-state index in [0.29, 0.717) is 23.8 Å². The number of fused-ring (bicyclic) bond motifs is 1. The Morgan fingerprint density at radius 3 is 3.08 bits per heavy atom. The molecule has 1 aliphatic heterocycles. The fourth-order valence-corrected chi connectivity index (χ4v) is 2.99. The molecule has 7 nitrogen and oxygen atoms in total. The second-order valence-corrected chi connectivity index (χ2v) is 5.91.